The molecule has 0 aliphatic rings. The van der Waals surface area contributed by atoms with Crippen LogP contribution in [0.1, 0.15) is 15.9 Å². The highest BCUT2D eigenvalue weighted by atomic mass is 16.6. The average Bonchev–Trinajstić information content (AvgIpc) is 2.64. The quantitative estimate of drug-likeness (QED) is 0.603. The Morgan fingerprint density at radius 1 is 1.15 bits per heavy atom. The van der Waals surface area contributed by atoms with Gasteiger partial charge in [-0.3, -0.25) is 19.7 Å². The fourth-order valence-electron chi connectivity index (χ4n) is 2.07. The Hall–Kier alpha value is -3.42. The van der Waals surface area contributed by atoms with Crippen LogP contribution in [0.5, 0.6) is 5.75 Å². The molecule has 0 saturated carbocycles. The van der Waals surface area contributed by atoms with Crippen LogP contribution in [-0.2, 0) is 11.3 Å². The molecule has 0 aliphatic carbocycles. The molecule has 0 atom stereocenters. The van der Waals surface area contributed by atoms with Crippen molar-refractivity contribution in [1.82, 2.24) is 10.2 Å². The highest BCUT2D eigenvalue weighted by molar-refractivity contribution is 5.94. The van der Waals surface area contributed by atoms with Gasteiger partial charge in [-0.15, -0.1) is 0 Å². The van der Waals surface area contributed by atoms with Gasteiger partial charge in [-0.1, -0.05) is 18.2 Å². The molecular formula is C18H19N3O5. The van der Waals surface area contributed by atoms with Crippen LogP contribution >= 0.6 is 0 Å². The summed E-state index contributed by atoms with van der Waals surface area (Å²) in [4.78, 5) is 35.5. The molecule has 0 spiro atoms. The highest BCUT2D eigenvalue weighted by Gasteiger charge is 2.10. The first-order valence-electron chi connectivity index (χ1n) is 7.81. The van der Waals surface area contributed by atoms with Gasteiger partial charge in [-0.05, 0) is 23.8 Å². The number of non-ortho nitro benzene ring substituents is 1. The van der Waals surface area contributed by atoms with Crippen molar-refractivity contribution in [2.24, 2.45) is 0 Å². The van der Waals surface area contributed by atoms with Gasteiger partial charge in [0, 0.05) is 38.3 Å². The summed E-state index contributed by atoms with van der Waals surface area (Å²) in [5, 5.41) is 13.5. The highest BCUT2D eigenvalue weighted by Crippen LogP contribution is 2.15. The lowest BCUT2D eigenvalue weighted by atomic mass is 10.1. The minimum Gasteiger partial charge on any atom is -0.484 e. The Kier molecular flexibility index (Phi) is 6.26. The second kappa shape index (κ2) is 8.61. The number of carbonyl (C=O) groups excluding carboxylic acids is 2. The van der Waals surface area contributed by atoms with Crippen molar-refractivity contribution in [1.29, 1.82) is 0 Å². The molecule has 2 amide bonds. The Labute approximate surface area is 150 Å². The summed E-state index contributed by atoms with van der Waals surface area (Å²) in [5.41, 5.74) is 0.958. The molecule has 136 valence electrons. The number of nitrogens with one attached hydrogen (secondary N) is 1. The molecule has 2 aromatic rings. The summed E-state index contributed by atoms with van der Waals surface area (Å²) in [7, 11) is 3.26. The first-order chi connectivity index (χ1) is 12.4. The van der Waals surface area contributed by atoms with Gasteiger partial charge in [0.15, 0.2) is 6.61 Å². The molecular weight excluding hydrogens is 338 g/mol. The van der Waals surface area contributed by atoms with Gasteiger partial charge in [0.05, 0.1) is 4.92 Å². The molecule has 0 fully saturated rings. The van der Waals surface area contributed by atoms with Crippen molar-refractivity contribution in [2.45, 2.75) is 6.54 Å². The van der Waals surface area contributed by atoms with Crippen LogP contribution in [0.4, 0.5) is 5.69 Å². The normalized spacial score (nSPS) is 10.1. The van der Waals surface area contributed by atoms with E-state index in [1.54, 1.807) is 44.4 Å². The van der Waals surface area contributed by atoms with Gasteiger partial charge in [0.1, 0.15) is 5.75 Å². The van der Waals surface area contributed by atoms with Crippen LogP contribution < -0.4 is 10.1 Å². The molecule has 0 aliphatic heterocycles. The molecule has 26 heavy (non-hydrogen) atoms. The summed E-state index contributed by atoms with van der Waals surface area (Å²) in [6.07, 6.45) is 0. The van der Waals surface area contributed by atoms with Crippen molar-refractivity contribution in [3.05, 3.63) is 69.8 Å². The number of nitro benzene ring substituents is 1. The number of ether oxygens (including phenoxy) is 1. The van der Waals surface area contributed by atoms with E-state index in [0.29, 0.717) is 16.9 Å². The van der Waals surface area contributed by atoms with Gasteiger partial charge in [0.25, 0.3) is 17.5 Å². The number of nitrogens with zero attached hydrogens (tertiary/aromatic N) is 2. The molecule has 0 heterocycles. The lowest BCUT2D eigenvalue weighted by Crippen LogP contribution is -2.27. The molecule has 0 aromatic heterocycles. The Morgan fingerprint density at radius 3 is 2.58 bits per heavy atom. The van der Waals surface area contributed by atoms with Crippen LogP contribution in [-0.4, -0.2) is 42.3 Å². The maximum absolute atomic E-state index is 12.3. The van der Waals surface area contributed by atoms with Gasteiger partial charge < -0.3 is 15.0 Å². The van der Waals surface area contributed by atoms with Crippen molar-refractivity contribution in [2.75, 3.05) is 20.7 Å². The summed E-state index contributed by atoms with van der Waals surface area (Å²) in [6, 6.07) is 12.5. The topological polar surface area (TPSA) is 102 Å². The van der Waals surface area contributed by atoms with E-state index in [-0.39, 0.29) is 30.7 Å². The summed E-state index contributed by atoms with van der Waals surface area (Å²) < 4.78 is 5.38. The predicted octanol–water partition coefficient (Wildman–Crippen LogP) is 1.99. The van der Waals surface area contributed by atoms with Crippen LogP contribution in [0.25, 0.3) is 0 Å². The molecule has 2 aromatic carbocycles. The minimum absolute atomic E-state index is 0.0299. The Morgan fingerprint density at radius 2 is 1.88 bits per heavy atom. The largest absolute Gasteiger partial charge is 0.484 e. The molecule has 8 heteroatoms. The Bertz CT molecular complexity index is 820. The molecule has 8 nitrogen and oxygen atoms in total. The van der Waals surface area contributed by atoms with Gasteiger partial charge in [-0.25, -0.2) is 0 Å². The molecule has 0 saturated heterocycles. The number of amides is 2. The molecule has 0 bridgehead atoms. The van der Waals surface area contributed by atoms with E-state index in [1.165, 1.54) is 23.1 Å². The molecule has 1 N–H and O–H groups in total. The van der Waals surface area contributed by atoms with E-state index in [1.807, 2.05) is 0 Å². The molecule has 0 radical (unpaired) electrons. The smallest absolute Gasteiger partial charge is 0.269 e. The lowest BCUT2D eigenvalue weighted by Gasteiger charge is -2.12. The molecule has 2 rings (SSSR count). The van der Waals surface area contributed by atoms with Crippen molar-refractivity contribution >= 4 is 17.5 Å². The number of nitro groups is 1. The maximum atomic E-state index is 12.3. The number of hydrogen-bond acceptors (Lipinski definition) is 5. The van der Waals surface area contributed by atoms with Gasteiger partial charge >= 0.3 is 0 Å². The zero-order valence-electron chi connectivity index (χ0n) is 14.5. The number of benzene rings is 2. The van der Waals surface area contributed by atoms with E-state index in [4.69, 9.17) is 4.74 Å². The molecule has 0 unspecified atom stereocenters. The summed E-state index contributed by atoms with van der Waals surface area (Å²) in [6.45, 7) is 0.0382. The monoisotopic (exact) mass is 357 g/mol. The minimum atomic E-state index is -0.485. The number of carbonyl (C=O) groups is 2. The van der Waals surface area contributed by atoms with E-state index < -0.39 is 4.92 Å². The number of likely N-dealkylation sites (N-methyl/N-ethyl adjacent to an activating group) is 1. The maximum Gasteiger partial charge on any atom is 0.269 e. The average molecular weight is 357 g/mol. The third kappa shape index (κ3) is 5.30. The fraction of sp³-hybridized carbons (Fsp3) is 0.222. The Balaban J connectivity index is 1.97. The third-order valence-electron chi connectivity index (χ3n) is 3.53. The van der Waals surface area contributed by atoms with E-state index in [9.17, 15) is 19.7 Å². The predicted molar refractivity (Wildman–Crippen MR) is 94.9 cm³/mol. The van der Waals surface area contributed by atoms with Crippen LogP contribution in [0, 0.1) is 10.1 Å². The first kappa shape index (κ1) is 18.9. The van der Waals surface area contributed by atoms with Crippen LogP contribution in [0.3, 0.4) is 0 Å². The zero-order valence-corrected chi connectivity index (χ0v) is 14.5. The van der Waals surface area contributed by atoms with Crippen molar-refractivity contribution < 1.29 is 19.2 Å². The number of hydrogen-bond donors (Lipinski definition) is 1. The van der Waals surface area contributed by atoms with Gasteiger partial charge in [-0.2, -0.15) is 0 Å². The van der Waals surface area contributed by atoms with E-state index in [2.05, 4.69) is 5.32 Å². The van der Waals surface area contributed by atoms with Crippen LogP contribution in [0.15, 0.2) is 48.5 Å². The second-order valence-corrected chi connectivity index (χ2v) is 5.71. The summed E-state index contributed by atoms with van der Waals surface area (Å²) >= 11 is 0. The van der Waals surface area contributed by atoms with Crippen LogP contribution in [0.2, 0.25) is 0 Å². The first-order valence-corrected chi connectivity index (χ1v) is 7.81. The lowest BCUT2D eigenvalue weighted by molar-refractivity contribution is -0.384. The SMILES string of the molecule is CN(C)C(=O)COc1cccc(C(=O)NCc2cccc([N+](=O)[O-])c2)c1. The third-order valence-corrected chi connectivity index (χ3v) is 3.53. The van der Waals surface area contributed by atoms with E-state index in [0.717, 1.165) is 0 Å². The fourth-order valence-corrected chi connectivity index (χ4v) is 2.07. The van der Waals surface area contributed by atoms with E-state index >= 15 is 0 Å². The summed E-state index contributed by atoms with van der Waals surface area (Å²) in [5.74, 6) is -0.130. The van der Waals surface area contributed by atoms with Gasteiger partial charge in [0.2, 0.25) is 0 Å². The van der Waals surface area contributed by atoms with Crippen molar-refractivity contribution in [3.8, 4) is 5.75 Å². The van der Waals surface area contributed by atoms with Crippen molar-refractivity contribution in [3.63, 3.8) is 0 Å². The number of rotatable bonds is 7. The second-order valence-electron chi connectivity index (χ2n) is 5.71. The zero-order chi connectivity index (χ0) is 19.1. The standard InChI is InChI=1S/C18H19N3O5/c1-20(2)17(22)12-26-16-8-4-6-14(10-16)18(23)19-11-13-5-3-7-15(9-13)21(24)25/h3-10H,11-12H2,1-2H3,(H,19,23).